The standard InChI is InChI=1S/CH3O6P.Nd/c2-1(3)7-8(4,5)6;/h(H,2,3)(H2,4,5,6);/q;+3/p-3. The summed E-state index contributed by atoms with van der Waals surface area (Å²) in [6.07, 6.45) is -2.36. The fourth-order valence-corrected chi connectivity index (χ4v) is 0.274. The topological polar surface area (TPSA) is 113 Å². The third-order valence-corrected chi connectivity index (χ3v) is 0.559. The predicted molar refractivity (Wildman–Crippen MR) is 14.1 cm³/mol. The van der Waals surface area contributed by atoms with E-state index in [0.717, 1.165) is 0 Å². The molecule has 0 amide bonds. The quantitative estimate of drug-likeness (QED) is 0.479. The molecule has 0 bridgehead atoms. The van der Waals surface area contributed by atoms with Crippen molar-refractivity contribution in [2.24, 2.45) is 0 Å². The van der Waals surface area contributed by atoms with Crippen molar-refractivity contribution >= 4 is 14.0 Å². The van der Waals surface area contributed by atoms with E-state index in [-0.39, 0.29) is 40.8 Å². The van der Waals surface area contributed by atoms with Crippen LogP contribution in [0.5, 0.6) is 0 Å². The van der Waals surface area contributed by atoms with Crippen LogP contribution in [0.1, 0.15) is 0 Å². The number of phosphoric acid groups is 1. The Hall–Kier alpha value is 0.771. The molecule has 49 valence electrons. The van der Waals surface area contributed by atoms with Gasteiger partial charge in [0.05, 0.1) is 0 Å². The van der Waals surface area contributed by atoms with Gasteiger partial charge in [-0.3, -0.25) is 0 Å². The van der Waals surface area contributed by atoms with Crippen LogP contribution in [0.4, 0.5) is 4.79 Å². The minimum atomic E-state index is -5.38. The molecular weight excluding hydrogens is 283 g/mol. The second-order valence-corrected chi connectivity index (χ2v) is 1.87. The van der Waals surface area contributed by atoms with Gasteiger partial charge in [-0.15, -0.1) is 0 Å². The molecule has 0 fully saturated rings. The first-order valence-corrected chi connectivity index (χ1v) is 2.80. The fraction of sp³-hybridized carbons (Fsp3) is 0. The molecule has 9 heavy (non-hydrogen) atoms. The number of hydrogen-bond donors (Lipinski definition) is 0. The molecule has 0 saturated carbocycles. The minimum Gasteiger partial charge on any atom is -0.795 e. The van der Waals surface area contributed by atoms with Crippen LogP contribution in [-0.2, 0) is 9.09 Å². The Morgan fingerprint density at radius 1 is 1.44 bits per heavy atom. The summed E-state index contributed by atoms with van der Waals surface area (Å²) < 4.78 is 12.0. The summed E-state index contributed by atoms with van der Waals surface area (Å²) in [6.45, 7) is 0. The van der Waals surface area contributed by atoms with Crippen molar-refractivity contribution in [1.29, 1.82) is 0 Å². The van der Waals surface area contributed by atoms with Crippen molar-refractivity contribution in [2.45, 2.75) is 0 Å². The number of rotatable bonds is 1. The Kier molecular flexibility index (Phi) is 6.31. The van der Waals surface area contributed by atoms with Gasteiger partial charge in [0.1, 0.15) is 0 Å². The molecule has 0 rings (SSSR count). The van der Waals surface area contributed by atoms with Crippen molar-refractivity contribution < 1.29 is 69.6 Å². The molecule has 0 spiro atoms. The monoisotopic (exact) mass is 281 g/mol. The molecule has 0 N–H and O–H groups in total. The van der Waals surface area contributed by atoms with Crippen LogP contribution in [0.2, 0.25) is 0 Å². The zero-order valence-electron chi connectivity index (χ0n) is 3.90. The van der Waals surface area contributed by atoms with Gasteiger partial charge in [-0.25, -0.2) is 0 Å². The predicted octanol–water partition coefficient (Wildman–Crippen LogP) is -2.83. The molecule has 0 heterocycles. The van der Waals surface area contributed by atoms with Crippen LogP contribution in [0.15, 0.2) is 0 Å². The normalized spacial score (nSPS) is 9.56. The van der Waals surface area contributed by atoms with E-state index in [2.05, 4.69) is 4.52 Å². The number of carbonyl (C=O) groups is 1. The third-order valence-electron chi connectivity index (χ3n) is 0.186. The molecule has 1 radical (unpaired) electrons. The molecule has 0 atom stereocenters. The average molecular weight is 283 g/mol. The van der Waals surface area contributed by atoms with Gasteiger partial charge >= 0.3 is 40.8 Å². The minimum absolute atomic E-state index is 0. The Balaban J connectivity index is 0. The molecule has 8 heteroatoms. The molecule has 0 aliphatic rings. The Labute approximate surface area is 83.0 Å². The molecule has 0 aliphatic heterocycles. The molecule has 0 aromatic carbocycles. The number of carbonyl (C=O) groups excluding carboxylic acids is 1. The number of phosphoric ester groups is 1. The summed E-state index contributed by atoms with van der Waals surface area (Å²) >= 11 is 0. The number of hydrogen-bond acceptors (Lipinski definition) is 6. The maximum atomic E-state index is 9.27. The van der Waals surface area contributed by atoms with E-state index in [0.29, 0.717) is 0 Å². The Morgan fingerprint density at radius 2 is 1.78 bits per heavy atom. The van der Waals surface area contributed by atoms with Crippen LogP contribution >= 0.6 is 7.82 Å². The molecule has 0 aromatic rings. The van der Waals surface area contributed by atoms with Gasteiger partial charge in [-0.05, 0) is 0 Å². The maximum absolute atomic E-state index is 9.27. The van der Waals surface area contributed by atoms with E-state index in [4.69, 9.17) is 9.90 Å². The van der Waals surface area contributed by atoms with E-state index >= 15 is 0 Å². The molecule has 0 saturated heterocycles. The maximum Gasteiger partial charge on any atom is 3.00 e. The summed E-state index contributed by atoms with van der Waals surface area (Å²) in [5.41, 5.74) is 0. The van der Waals surface area contributed by atoms with Crippen LogP contribution in [0.3, 0.4) is 0 Å². The van der Waals surface area contributed by atoms with E-state index in [1.807, 2.05) is 0 Å². The molecule has 6 nitrogen and oxygen atoms in total. The second kappa shape index (κ2) is 4.57. The van der Waals surface area contributed by atoms with Crippen molar-refractivity contribution in [1.82, 2.24) is 0 Å². The van der Waals surface area contributed by atoms with Crippen molar-refractivity contribution in [2.75, 3.05) is 0 Å². The first kappa shape index (κ1) is 12.4. The van der Waals surface area contributed by atoms with Crippen molar-refractivity contribution in [3.8, 4) is 0 Å². The van der Waals surface area contributed by atoms with Gasteiger partial charge in [-0.1, -0.05) is 0 Å². The summed E-state index contributed by atoms with van der Waals surface area (Å²) in [5.74, 6) is 0. The fourth-order valence-electron chi connectivity index (χ4n) is 0.0913. The van der Waals surface area contributed by atoms with Gasteiger partial charge in [0, 0.05) is 7.82 Å². The van der Waals surface area contributed by atoms with E-state index in [9.17, 15) is 14.4 Å². The third kappa shape index (κ3) is 12.1. The first-order chi connectivity index (χ1) is 3.42. The zero-order chi connectivity index (χ0) is 6.78. The number of carboxylic acid groups (broad SMARTS) is 1. The van der Waals surface area contributed by atoms with E-state index < -0.39 is 14.0 Å². The summed E-state index contributed by atoms with van der Waals surface area (Å²) in [6, 6.07) is 0. The SMILES string of the molecule is O=C([O-])OP(=O)([O-])[O-].[Nd+3]. The average Bonchev–Trinajstić information content (AvgIpc) is 1.21. The van der Waals surface area contributed by atoms with E-state index in [1.54, 1.807) is 0 Å². The van der Waals surface area contributed by atoms with Crippen molar-refractivity contribution in [3.05, 3.63) is 0 Å². The zero-order valence-corrected chi connectivity index (χ0v) is 8.00. The van der Waals surface area contributed by atoms with E-state index in [1.165, 1.54) is 0 Å². The van der Waals surface area contributed by atoms with Crippen LogP contribution in [0.25, 0.3) is 0 Å². The first-order valence-electron chi connectivity index (χ1n) is 1.34. The van der Waals surface area contributed by atoms with Gasteiger partial charge in [0.25, 0.3) is 6.16 Å². The molecular formula is CNdO6P. The summed E-state index contributed by atoms with van der Waals surface area (Å²) in [5, 5.41) is 9.11. The second-order valence-electron chi connectivity index (χ2n) is 0.789. The van der Waals surface area contributed by atoms with Gasteiger partial charge < -0.3 is 28.8 Å². The smallest absolute Gasteiger partial charge is 0.795 e. The summed E-state index contributed by atoms with van der Waals surface area (Å²) in [7, 11) is -5.38. The van der Waals surface area contributed by atoms with Crippen LogP contribution in [0, 0.1) is 40.8 Å². The van der Waals surface area contributed by atoms with Gasteiger partial charge in [0.15, 0.2) is 0 Å². The Bertz CT molecular complexity index is 136. The Morgan fingerprint density at radius 3 is 1.78 bits per heavy atom. The van der Waals surface area contributed by atoms with Crippen molar-refractivity contribution in [3.63, 3.8) is 0 Å². The molecule has 0 unspecified atom stereocenters. The van der Waals surface area contributed by atoms with Crippen LogP contribution < -0.4 is 14.9 Å². The molecule has 0 aromatic heterocycles. The summed E-state index contributed by atoms with van der Waals surface area (Å²) in [4.78, 5) is 27.7. The molecule has 0 aliphatic carbocycles. The van der Waals surface area contributed by atoms with Gasteiger partial charge in [0.2, 0.25) is 0 Å². The van der Waals surface area contributed by atoms with Crippen LogP contribution in [-0.4, -0.2) is 6.16 Å². The largest absolute Gasteiger partial charge is 3.00 e. The van der Waals surface area contributed by atoms with Gasteiger partial charge in [-0.2, -0.15) is 0 Å².